The molecule has 0 saturated heterocycles. The molecule has 24 heavy (non-hydrogen) atoms. The summed E-state index contributed by atoms with van der Waals surface area (Å²) in [6.45, 7) is 4.50. The van der Waals surface area contributed by atoms with Crippen LogP contribution in [0.25, 0.3) is 0 Å². The predicted octanol–water partition coefficient (Wildman–Crippen LogP) is 8.38. The van der Waals surface area contributed by atoms with E-state index in [0.717, 1.165) is 31.3 Å². The first-order valence-electron chi connectivity index (χ1n) is 10.8. The number of allylic oxidation sites excluding steroid dienone is 1. The van der Waals surface area contributed by atoms with Crippen LogP contribution in [-0.4, -0.2) is 10.2 Å². The van der Waals surface area contributed by atoms with E-state index in [1.807, 2.05) is 0 Å². The molecule has 0 fully saturated rings. The highest BCUT2D eigenvalue weighted by Crippen LogP contribution is 2.20. The first-order chi connectivity index (χ1) is 11.7. The lowest BCUT2D eigenvalue weighted by Gasteiger charge is -2.08. The van der Waals surface area contributed by atoms with Gasteiger partial charge in [-0.1, -0.05) is 104 Å². The molecular weight excluding hydrogens is 296 g/mol. The summed E-state index contributed by atoms with van der Waals surface area (Å²) >= 11 is 0. The molecule has 0 aromatic rings. The summed E-state index contributed by atoms with van der Waals surface area (Å²) in [5, 5.41) is 18.9. The van der Waals surface area contributed by atoms with Crippen molar-refractivity contribution in [1.29, 1.82) is 0 Å². The lowest BCUT2D eigenvalue weighted by atomic mass is 10.00. The summed E-state index contributed by atoms with van der Waals surface area (Å²) in [4.78, 5) is 0. The molecule has 2 heteroatoms. The second-order valence-corrected chi connectivity index (χ2v) is 7.38. The number of rotatable bonds is 18. The topological polar surface area (TPSA) is 40.5 Å². The Labute approximate surface area is 151 Å². The maximum atomic E-state index is 9.43. The van der Waals surface area contributed by atoms with Crippen LogP contribution in [0.15, 0.2) is 11.5 Å². The summed E-state index contributed by atoms with van der Waals surface area (Å²) < 4.78 is 0. The van der Waals surface area contributed by atoms with Crippen LogP contribution in [0.5, 0.6) is 0 Å². The molecule has 0 bridgehead atoms. The summed E-state index contributed by atoms with van der Waals surface area (Å²) in [7, 11) is 0. The van der Waals surface area contributed by atoms with E-state index in [-0.39, 0.29) is 0 Å². The lowest BCUT2D eigenvalue weighted by molar-refractivity contribution is 0.181. The highest BCUT2D eigenvalue weighted by atomic mass is 16.5. The molecule has 144 valence electrons. The molecule has 0 aliphatic rings. The molecule has 0 rings (SSSR count). The van der Waals surface area contributed by atoms with E-state index in [0.29, 0.717) is 0 Å². The molecule has 0 saturated carbocycles. The molecule has 0 radical (unpaired) electrons. The Hall–Kier alpha value is -0.660. The van der Waals surface area contributed by atoms with E-state index in [4.69, 9.17) is 0 Å². The molecule has 0 atom stereocenters. The first kappa shape index (κ1) is 23.3. The first-order valence-corrected chi connectivity index (χ1v) is 10.8. The van der Waals surface area contributed by atoms with E-state index < -0.39 is 5.95 Å². The minimum absolute atomic E-state index is 0.403. The Morgan fingerprint density at radius 1 is 0.458 bits per heavy atom. The minimum Gasteiger partial charge on any atom is -0.481 e. The van der Waals surface area contributed by atoms with Gasteiger partial charge in [-0.25, -0.2) is 0 Å². The molecule has 0 aliphatic heterocycles. The molecule has 0 aromatic heterocycles. The second-order valence-electron chi connectivity index (χ2n) is 7.38. The van der Waals surface area contributed by atoms with Crippen LogP contribution in [0, 0.1) is 0 Å². The smallest absolute Gasteiger partial charge is 0.273 e. The van der Waals surface area contributed by atoms with Crippen molar-refractivity contribution in [3.8, 4) is 0 Å². The summed E-state index contributed by atoms with van der Waals surface area (Å²) in [5.74, 6) is -0.403. The van der Waals surface area contributed by atoms with Gasteiger partial charge in [0, 0.05) is 5.57 Å². The van der Waals surface area contributed by atoms with Gasteiger partial charge in [0.1, 0.15) is 0 Å². The van der Waals surface area contributed by atoms with Crippen molar-refractivity contribution in [3.05, 3.63) is 11.5 Å². The van der Waals surface area contributed by atoms with Crippen molar-refractivity contribution in [2.45, 2.75) is 129 Å². The number of hydrogen-bond acceptors (Lipinski definition) is 2. The van der Waals surface area contributed by atoms with Crippen molar-refractivity contribution in [2.75, 3.05) is 0 Å². The summed E-state index contributed by atoms with van der Waals surface area (Å²) in [6.07, 6.45) is 22.5. The zero-order valence-electron chi connectivity index (χ0n) is 16.6. The van der Waals surface area contributed by atoms with Crippen LogP contribution in [0.4, 0.5) is 0 Å². The summed E-state index contributed by atoms with van der Waals surface area (Å²) in [6, 6.07) is 0. The van der Waals surface area contributed by atoms with Crippen LogP contribution >= 0.6 is 0 Å². The van der Waals surface area contributed by atoms with Crippen LogP contribution in [0.3, 0.4) is 0 Å². The van der Waals surface area contributed by atoms with Crippen LogP contribution in [0.2, 0.25) is 0 Å². The maximum absolute atomic E-state index is 9.43. The number of hydrogen-bond donors (Lipinski definition) is 2. The molecular formula is C22H44O2. The molecule has 0 aliphatic carbocycles. The monoisotopic (exact) mass is 340 g/mol. The fraction of sp³-hybridized carbons (Fsp3) is 0.909. The number of aliphatic hydroxyl groups is 2. The van der Waals surface area contributed by atoms with Gasteiger partial charge in [-0.05, 0) is 25.7 Å². The van der Waals surface area contributed by atoms with Gasteiger partial charge < -0.3 is 10.2 Å². The Morgan fingerprint density at radius 2 is 0.750 bits per heavy atom. The van der Waals surface area contributed by atoms with Crippen molar-refractivity contribution >= 4 is 0 Å². The van der Waals surface area contributed by atoms with Crippen molar-refractivity contribution < 1.29 is 10.2 Å². The van der Waals surface area contributed by atoms with Gasteiger partial charge in [-0.2, -0.15) is 0 Å². The summed E-state index contributed by atoms with van der Waals surface area (Å²) in [5.41, 5.74) is 0.880. The normalized spacial score (nSPS) is 10.9. The molecule has 2 nitrogen and oxygen atoms in total. The predicted molar refractivity (Wildman–Crippen MR) is 107 cm³/mol. The number of unbranched alkanes of at least 4 members (excludes halogenated alkanes) is 14. The Balaban J connectivity index is 3.50. The Kier molecular flexibility index (Phi) is 18.2. The largest absolute Gasteiger partial charge is 0.481 e. The van der Waals surface area contributed by atoms with Gasteiger partial charge in [-0.3, -0.25) is 0 Å². The average molecular weight is 341 g/mol. The van der Waals surface area contributed by atoms with Crippen molar-refractivity contribution in [3.63, 3.8) is 0 Å². The molecule has 0 amide bonds. The van der Waals surface area contributed by atoms with Crippen molar-refractivity contribution in [1.82, 2.24) is 0 Å². The molecule has 2 N–H and O–H groups in total. The number of aliphatic hydroxyl groups excluding tert-OH is 1. The van der Waals surface area contributed by atoms with Gasteiger partial charge in [0.25, 0.3) is 5.95 Å². The average Bonchev–Trinajstić information content (AvgIpc) is 2.57. The third kappa shape index (κ3) is 16.2. The van der Waals surface area contributed by atoms with E-state index in [9.17, 15) is 10.2 Å². The molecule has 0 heterocycles. The van der Waals surface area contributed by atoms with Crippen LogP contribution in [-0.2, 0) is 0 Å². The van der Waals surface area contributed by atoms with Gasteiger partial charge in [0.2, 0.25) is 0 Å². The lowest BCUT2D eigenvalue weighted by Crippen LogP contribution is -1.93. The SMILES string of the molecule is CCCCCCCCCCCCC(CCCCCCCC)=C(O)O. The fourth-order valence-electron chi connectivity index (χ4n) is 3.29. The molecule has 0 spiro atoms. The zero-order valence-corrected chi connectivity index (χ0v) is 16.6. The maximum Gasteiger partial charge on any atom is 0.273 e. The third-order valence-electron chi connectivity index (χ3n) is 4.98. The van der Waals surface area contributed by atoms with E-state index >= 15 is 0 Å². The highest BCUT2D eigenvalue weighted by molar-refractivity contribution is 5.01. The van der Waals surface area contributed by atoms with E-state index in [1.54, 1.807) is 0 Å². The van der Waals surface area contributed by atoms with Crippen LogP contribution in [0.1, 0.15) is 129 Å². The minimum atomic E-state index is -0.403. The van der Waals surface area contributed by atoms with Gasteiger partial charge in [0.05, 0.1) is 0 Å². The molecule has 0 unspecified atom stereocenters. The van der Waals surface area contributed by atoms with Crippen LogP contribution < -0.4 is 0 Å². The quantitative estimate of drug-likeness (QED) is 0.194. The Bertz CT molecular complexity index is 280. The highest BCUT2D eigenvalue weighted by Gasteiger charge is 2.05. The molecule has 0 aromatic carbocycles. The zero-order chi connectivity index (χ0) is 17.9. The second kappa shape index (κ2) is 18.7. The Morgan fingerprint density at radius 3 is 1.04 bits per heavy atom. The third-order valence-corrected chi connectivity index (χ3v) is 4.98. The van der Waals surface area contributed by atoms with E-state index in [1.165, 1.54) is 89.9 Å². The van der Waals surface area contributed by atoms with E-state index in [2.05, 4.69) is 13.8 Å². The van der Waals surface area contributed by atoms with Gasteiger partial charge >= 0.3 is 0 Å². The fourth-order valence-corrected chi connectivity index (χ4v) is 3.29. The van der Waals surface area contributed by atoms with Gasteiger partial charge in [-0.15, -0.1) is 0 Å². The van der Waals surface area contributed by atoms with Gasteiger partial charge in [0.15, 0.2) is 0 Å². The van der Waals surface area contributed by atoms with Crippen molar-refractivity contribution in [2.24, 2.45) is 0 Å². The standard InChI is InChI=1S/C22H44O2/c1-3-5-7-9-11-12-13-14-16-18-20-21(22(23)24)19-17-15-10-8-6-4-2/h23-24H,3-20H2,1-2H3.